The van der Waals surface area contributed by atoms with Gasteiger partial charge in [-0.25, -0.2) is 4.79 Å². The Morgan fingerprint density at radius 2 is 2.06 bits per heavy atom. The number of oxime groups is 1. The number of nitrogens with one attached hydrogen (secondary N) is 1. The van der Waals surface area contributed by atoms with Crippen LogP contribution in [-0.2, 0) is 14.4 Å². The fourth-order valence-corrected chi connectivity index (χ4v) is 2.20. The molecule has 1 aliphatic heterocycles. The number of aliphatic carboxylic acids is 1. The third-order valence-electron chi connectivity index (χ3n) is 3.27. The van der Waals surface area contributed by atoms with Crippen LogP contribution in [0.15, 0.2) is 5.16 Å². The van der Waals surface area contributed by atoms with Gasteiger partial charge >= 0.3 is 5.97 Å². The third-order valence-corrected chi connectivity index (χ3v) is 3.27. The number of carbonyl (C=O) groups is 2. The average molecular weight is 256 g/mol. The van der Waals surface area contributed by atoms with E-state index in [0.717, 1.165) is 19.3 Å². The van der Waals surface area contributed by atoms with Gasteiger partial charge in [-0.05, 0) is 12.8 Å². The van der Waals surface area contributed by atoms with Crippen molar-refractivity contribution in [2.45, 2.75) is 50.4 Å². The van der Waals surface area contributed by atoms with Gasteiger partial charge in [0.05, 0.1) is 12.1 Å². The molecule has 1 saturated carbocycles. The standard InChI is InChI=1S/C11H16N2O5/c14-8-4-2-1-3-6(8)12-10(15)9-5-7(11(16)17)13-18-9/h6,8-9,14H,1-5H2,(H,12,15)(H,16,17). The van der Waals surface area contributed by atoms with Gasteiger partial charge in [-0.2, -0.15) is 0 Å². The van der Waals surface area contributed by atoms with E-state index in [1.807, 2.05) is 0 Å². The lowest BCUT2D eigenvalue weighted by molar-refractivity contribution is -0.133. The van der Waals surface area contributed by atoms with Gasteiger partial charge in [0.1, 0.15) is 0 Å². The quantitative estimate of drug-likeness (QED) is 0.638. The molecule has 3 atom stereocenters. The van der Waals surface area contributed by atoms with Crippen molar-refractivity contribution < 1.29 is 24.6 Å². The van der Waals surface area contributed by atoms with Crippen LogP contribution in [0.1, 0.15) is 32.1 Å². The molecule has 0 aromatic rings. The minimum Gasteiger partial charge on any atom is -0.477 e. The largest absolute Gasteiger partial charge is 0.477 e. The van der Waals surface area contributed by atoms with Crippen LogP contribution in [0, 0.1) is 0 Å². The molecule has 1 amide bonds. The molecule has 1 heterocycles. The van der Waals surface area contributed by atoms with Crippen LogP contribution in [0.5, 0.6) is 0 Å². The first-order valence-corrected chi connectivity index (χ1v) is 6.02. The molecule has 0 bridgehead atoms. The average Bonchev–Trinajstić information content (AvgIpc) is 2.81. The van der Waals surface area contributed by atoms with Crippen LogP contribution in [0.2, 0.25) is 0 Å². The molecule has 3 N–H and O–H groups in total. The van der Waals surface area contributed by atoms with Gasteiger partial charge in [0.25, 0.3) is 5.91 Å². The van der Waals surface area contributed by atoms with Crippen LogP contribution in [-0.4, -0.2) is 46.1 Å². The molecule has 2 aliphatic rings. The fourth-order valence-electron chi connectivity index (χ4n) is 2.20. The summed E-state index contributed by atoms with van der Waals surface area (Å²) < 4.78 is 0. The number of carboxylic acids is 1. The Morgan fingerprint density at radius 1 is 1.33 bits per heavy atom. The highest BCUT2D eigenvalue weighted by Gasteiger charge is 2.34. The van der Waals surface area contributed by atoms with Gasteiger partial charge in [0, 0.05) is 6.42 Å². The van der Waals surface area contributed by atoms with Crippen LogP contribution in [0.25, 0.3) is 0 Å². The molecule has 0 aromatic heterocycles. The summed E-state index contributed by atoms with van der Waals surface area (Å²) in [6.45, 7) is 0. The van der Waals surface area contributed by atoms with E-state index in [2.05, 4.69) is 10.5 Å². The van der Waals surface area contributed by atoms with Crippen LogP contribution >= 0.6 is 0 Å². The number of amides is 1. The molecule has 1 aliphatic carbocycles. The molecule has 0 spiro atoms. The minimum atomic E-state index is -1.18. The van der Waals surface area contributed by atoms with Gasteiger partial charge in [0.15, 0.2) is 5.71 Å². The number of carboxylic acid groups (broad SMARTS) is 1. The lowest BCUT2D eigenvalue weighted by atomic mass is 9.92. The van der Waals surface area contributed by atoms with Crippen molar-refractivity contribution in [1.82, 2.24) is 5.32 Å². The Balaban J connectivity index is 1.84. The Bertz CT molecular complexity index is 382. The monoisotopic (exact) mass is 256 g/mol. The molecule has 1 fully saturated rings. The Hall–Kier alpha value is -1.63. The minimum absolute atomic E-state index is 0.0377. The number of carbonyl (C=O) groups excluding carboxylic acids is 1. The van der Waals surface area contributed by atoms with Gasteiger partial charge in [0.2, 0.25) is 6.10 Å². The molecular weight excluding hydrogens is 240 g/mol. The Morgan fingerprint density at radius 3 is 2.67 bits per heavy atom. The number of aliphatic hydroxyl groups excluding tert-OH is 1. The summed E-state index contributed by atoms with van der Waals surface area (Å²) >= 11 is 0. The van der Waals surface area contributed by atoms with Gasteiger partial charge in [-0.1, -0.05) is 18.0 Å². The topological polar surface area (TPSA) is 108 Å². The second-order valence-corrected chi connectivity index (χ2v) is 4.61. The van der Waals surface area contributed by atoms with E-state index in [4.69, 9.17) is 9.94 Å². The van der Waals surface area contributed by atoms with Crippen molar-refractivity contribution >= 4 is 17.6 Å². The summed E-state index contributed by atoms with van der Waals surface area (Å²) in [5.74, 6) is -1.59. The molecule has 7 nitrogen and oxygen atoms in total. The van der Waals surface area contributed by atoms with Crippen molar-refractivity contribution in [2.75, 3.05) is 0 Å². The second-order valence-electron chi connectivity index (χ2n) is 4.61. The van der Waals surface area contributed by atoms with Crippen LogP contribution in [0.4, 0.5) is 0 Å². The maximum atomic E-state index is 11.8. The highest BCUT2D eigenvalue weighted by molar-refractivity contribution is 6.36. The molecule has 100 valence electrons. The third kappa shape index (κ3) is 2.79. The molecule has 0 radical (unpaired) electrons. The van der Waals surface area contributed by atoms with Gasteiger partial charge in [-0.15, -0.1) is 0 Å². The Labute approximate surface area is 104 Å². The van der Waals surface area contributed by atoms with E-state index in [9.17, 15) is 14.7 Å². The predicted molar refractivity (Wildman–Crippen MR) is 61.0 cm³/mol. The molecule has 2 rings (SSSR count). The zero-order valence-corrected chi connectivity index (χ0v) is 9.83. The van der Waals surface area contributed by atoms with E-state index in [1.54, 1.807) is 0 Å². The zero-order chi connectivity index (χ0) is 13.1. The van der Waals surface area contributed by atoms with Crippen LogP contribution in [0.3, 0.4) is 0 Å². The SMILES string of the molecule is O=C(O)C1=NOC(C(=O)NC2CCCCC2O)C1. The molecule has 0 aromatic carbocycles. The normalized spacial score (nSPS) is 31.4. The number of aliphatic hydroxyl groups is 1. The summed E-state index contributed by atoms with van der Waals surface area (Å²) in [6.07, 6.45) is 1.85. The van der Waals surface area contributed by atoms with Crippen molar-refractivity contribution in [2.24, 2.45) is 5.16 Å². The predicted octanol–water partition coefficient (Wildman–Crippen LogP) is -0.364. The maximum absolute atomic E-state index is 11.8. The van der Waals surface area contributed by atoms with Gasteiger partial charge in [-0.3, -0.25) is 4.79 Å². The lowest BCUT2D eigenvalue weighted by Gasteiger charge is -2.28. The lowest BCUT2D eigenvalue weighted by Crippen LogP contribution is -2.48. The number of hydrogen-bond acceptors (Lipinski definition) is 5. The van der Waals surface area contributed by atoms with E-state index in [-0.39, 0.29) is 18.2 Å². The van der Waals surface area contributed by atoms with E-state index in [0.29, 0.717) is 6.42 Å². The van der Waals surface area contributed by atoms with E-state index >= 15 is 0 Å². The summed E-state index contributed by atoms with van der Waals surface area (Å²) in [5, 5.41) is 24.4. The molecule has 7 heteroatoms. The number of hydrogen-bond donors (Lipinski definition) is 3. The fraction of sp³-hybridized carbons (Fsp3) is 0.727. The first kappa shape index (κ1) is 12.8. The number of rotatable bonds is 3. The molecule has 3 unspecified atom stereocenters. The maximum Gasteiger partial charge on any atom is 0.353 e. The first-order chi connectivity index (χ1) is 8.58. The number of nitrogens with zero attached hydrogens (tertiary/aromatic N) is 1. The second kappa shape index (κ2) is 5.34. The molecule has 18 heavy (non-hydrogen) atoms. The van der Waals surface area contributed by atoms with Crippen molar-refractivity contribution in [3.8, 4) is 0 Å². The smallest absolute Gasteiger partial charge is 0.353 e. The molecule has 0 saturated heterocycles. The molecular formula is C11H16N2O5. The highest BCUT2D eigenvalue weighted by atomic mass is 16.6. The van der Waals surface area contributed by atoms with Crippen molar-refractivity contribution in [3.05, 3.63) is 0 Å². The van der Waals surface area contributed by atoms with Crippen molar-refractivity contribution in [1.29, 1.82) is 0 Å². The zero-order valence-electron chi connectivity index (χ0n) is 9.83. The van der Waals surface area contributed by atoms with E-state index in [1.165, 1.54) is 0 Å². The first-order valence-electron chi connectivity index (χ1n) is 6.02. The van der Waals surface area contributed by atoms with Crippen LogP contribution < -0.4 is 5.32 Å². The summed E-state index contributed by atoms with van der Waals surface area (Å²) in [5.41, 5.74) is -0.153. The van der Waals surface area contributed by atoms with Gasteiger partial charge < -0.3 is 20.4 Å². The Kier molecular flexibility index (Phi) is 3.81. The summed E-state index contributed by atoms with van der Waals surface area (Å²) in [4.78, 5) is 27.2. The van der Waals surface area contributed by atoms with Crippen molar-refractivity contribution in [3.63, 3.8) is 0 Å². The summed E-state index contributed by atoms with van der Waals surface area (Å²) in [6, 6.07) is -0.274. The highest BCUT2D eigenvalue weighted by Crippen LogP contribution is 2.19. The van der Waals surface area contributed by atoms with E-state index < -0.39 is 24.1 Å². The summed E-state index contributed by atoms with van der Waals surface area (Å²) in [7, 11) is 0.